The third-order valence-electron chi connectivity index (χ3n) is 4.09. The number of halogens is 1. The lowest BCUT2D eigenvalue weighted by Crippen LogP contribution is -2.33. The number of hydrogen-bond acceptors (Lipinski definition) is 3. The number of hydrogen-bond donors (Lipinski definition) is 2. The van der Waals surface area contributed by atoms with Gasteiger partial charge >= 0.3 is 0 Å². The predicted octanol–water partition coefficient (Wildman–Crippen LogP) is 3.62. The van der Waals surface area contributed by atoms with E-state index < -0.39 is 0 Å². The minimum atomic E-state index is -0.295. The molecular formula is C20H19BrN4O2. The zero-order valence-electron chi connectivity index (χ0n) is 15.0. The molecule has 2 aromatic heterocycles. The Hall–Kier alpha value is -2.93. The van der Waals surface area contributed by atoms with Crippen molar-refractivity contribution in [2.45, 2.75) is 13.8 Å². The molecule has 0 radical (unpaired) electrons. The maximum atomic E-state index is 12.5. The molecule has 0 aliphatic heterocycles. The summed E-state index contributed by atoms with van der Waals surface area (Å²) in [6.45, 7) is 3.67. The van der Waals surface area contributed by atoms with Crippen LogP contribution in [0.3, 0.4) is 0 Å². The number of anilines is 1. The Morgan fingerprint density at radius 1 is 1.11 bits per heavy atom. The van der Waals surface area contributed by atoms with Crippen molar-refractivity contribution in [1.82, 2.24) is 14.9 Å². The highest BCUT2D eigenvalue weighted by Crippen LogP contribution is 2.19. The summed E-state index contributed by atoms with van der Waals surface area (Å²) in [6.07, 6.45) is 1.71. The fourth-order valence-corrected chi connectivity index (χ4v) is 3.09. The molecule has 0 atom stereocenters. The van der Waals surface area contributed by atoms with Gasteiger partial charge in [-0.05, 0) is 56.3 Å². The van der Waals surface area contributed by atoms with E-state index in [0.29, 0.717) is 11.3 Å². The molecular weight excluding hydrogens is 408 g/mol. The number of nitrogens with one attached hydrogen (secondary N) is 2. The molecule has 1 aromatic carbocycles. The number of rotatable bonds is 5. The molecule has 0 aliphatic rings. The maximum absolute atomic E-state index is 12.5. The number of benzene rings is 1. The van der Waals surface area contributed by atoms with Gasteiger partial charge in [-0.25, -0.2) is 4.98 Å². The third kappa shape index (κ3) is 4.43. The van der Waals surface area contributed by atoms with Gasteiger partial charge in [-0.2, -0.15) is 0 Å². The molecule has 2 N–H and O–H groups in total. The molecule has 0 saturated carbocycles. The normalized spacial score (nSPS) is 10.5. The molecule has 0 bridgehead atoms. The van der Waals surface area contributed by atoms with Crippen molar-refractivity contribution in [3.63, 3.8) is 0 Å². The Labute approximate surface area is 165 Å². The van der Waals surface area contributed by atoms with Crippen LogP contribution in [0.5, 0.6) is 0 Å². The van der Waals surface area contributed by atoms with Gasteiger partial charge in [0.05, 0.1) is 12.1 Å². The summed E-state index contributed by atoms with van der Waals surface area (Å²) in [4.78, 5) is 28.9. The monoisotopic (exact) mass is 426 g/mol. The standard InChI is InChI=1S/C20H19BrN4O2/c1-13-11-17(14(2)25(13)18-5-3-4-10-22-18)20(27)23-12-19(26)24-16-8-6-15(21)7-9-16/h3-11H,12H2,1-2H3,(H,23,27)(H,24,26). The van der Waals surface area contributed by atoms with E-state index in [1.807, 2.05) is 48.7 Å². The van der Waals surface area contributed by atoms with E-state index in [9.17, 15) is 9.59 Å². The quantitative estimate of drug-likeness (QED) is 0.653. The lowest BCUT2D eigenvalue weighted by Gasteiger charge is -2.09. The molecule has 7 heteroatoms. The summed E-state index contributed by atoms with van der Waals surface area (Å²) >= 11 is 3.34. The first-order valence-electron chi connectivity index (χ1n) is 8.39. The molecule has 138 valence electrons. The number of amides is 2. The topological polar surface area (TPSA) is 76.0 Å². The lowest BCUT2D eigenvalue weighted by atomic mass is 10.2. The van der Waals surface area contributed by atoms with Gasteiger partial charge in [-0.15, -0.1) is 0 Å². The van der Waals surface area contributed by atoms with E-state index >= 15 is 0 Å². The fourth-order valence-electron chi connectivity index (χ4n) is 2.83. The van der Waals surface area contributed by atoms with Gasteiger partial charge < -0.3 is 15.2 Å². The smallest absolute Gasteiger partial charge is 0.253 e. The molecule has 2 amide bonds. The fraction of sp³-hybridized carbons (Fsp3) is 0.150. The number of aryl methyl sites for hydroxylation is 1. The highest BCUT2D eigenvalue weighted by Gasteiger charge is 2.17. The van der Waals surface area contributed by atoms with Crippen LogP contribution in [0.1, 0.15) is 21.7 Å². The summed E-state index contributed by atoms with van der Waals surface area (Å²) in [5.41, 5.74) is 2.87. The maximum Gasteiger partial charge on any atom is 0.253 e. The van der Waals surface area contributed by atoms with E-state index in [-0.39, 0.29) is 18.4 Å². The summed E-state index contributed by atoms with van der Waals surface area (Å²) in [7, 11) is 0. The molecule has 3 aromatic rings. The van der Waals surface area contributed by atoms with Crippen molar-refractivity contribution in [2.75, 3.05) is 11.9 Å². The van der Waals surface area contributed by atoms with Crippen LogP contribution in [0.2, 0.25) is 0 Å². The van der Waals surface area contributed by atoms with Crippen LogP contribution in [-0.2, 0) is 4.79 Å². The predicted molar refractivity (Wildman–Crippen MR) is 108 cm³/mol. The molecule has 27 heavy (non-hydrogen) atoms. The van der Waals surface area contributed by atoms with E-state index in [2.05, 4.69) is 31.5 Å². The molecule has 0 fully saturated rings. The summed E-state index contributed by atoms with van der Waals surface area (Å²) < 4.78 is 2.84. The van der Waals surface area contributed by atoms with Gasteiger partial charge in [0.25, 0.3) is 5.91 Å². The van der Waals surface area contributed by atoms with Crippen LogP contribution in [0.25, 0.3) is 5.82 Å². The summed E-state index contributed by atoms with van der Waals surface area (Å²) in [6, 6.07) is 14.7. The molecule has 0 saturated heterocycles. The van der Waals surface area contributed by atoms with Crippen LogP contribution in [-0.4, -0.2) is 27.9 Å². The van der Waals surface area contributed by atoms with Gasteiger partial charge in [-0.1, -0.05) is 22.0 Å². The Morgan fingerprint density at radius 3 is 2.52 bits per heavy atom. The number of pyridine rings is 1. The van der Waals surface area contributed by atoms with Crippen molar-refractivity contribution in [3.8, 4) is 5.82 Å². The van der Waals surface area contributed by atoms with Crippen LogP contribution in [0, 0.1) is 13.8 Å². The van der Waals surface area contributed by atoms with E-state index in [4.69, 9.17) is 0 Å². The Morgan fingerprint density at radius 2 is 1.85 bits per heavy atom. The van der Waals surface area contributed by atoms with E-state index in [1.54, 1.807) is 24.4 Å². The van der Waals surface area contributed by atoms with Crippen molar-refractivity contribution >= 4 is 33.4 Å². The van der Waals surface area contributed by atoms with Crippen molar-refractivity contribution in [1.29, 1.82) is 0 Å². The van der Waals surface area contributed by atoms with Gasteiger partial charge in [0, 0.05) is 27.7 Å². The van der Waals surface area contributed by atoms with Gasteiger partial charge in [0.1, 0.15) is 5.82 Å². The average Bonchev–Trinajstić information content (AvgIpc) is 2.96. The second-order valence-electron chi connectivity index (χ2n) is 6.05. The Kier molecular flexibility index (Phi) is 5.71. The molecule has 3 rings (SSSR count). The van der Waals surface area contributed by atoms with Crippen molar-refractivity contribution < 1.29 is 9.59 Å². The number of carbonyl (C=O) groups excluding carboxylic acids is 2. The number of aromatic nitrogens is 2. The van der Waals surface area contributed by atoms with Crippen molar-refractivity contribution in [2.24, 2.45) is 0 Å². The van der Waals surface area contributed by atoms with Gasteiger partial charge in [-0.3, -0.25) is 9.59 Å². The first-order valence-corrected chi connectivity index (χ1v) is 9.19. The van der Waals surface area contributed by atoms with Gasteiger partial charge in [0.2, 0.25) is 5.91 Å². The van der Waals surface area contributed by atoms with Crippen LogP contribution < -0.4 is 10.6 Å². The zero-order valence-corrected chi connectivity index (χ0v) is 16.6. The molecule has 2 heterocycles. The highest BCUT2D eigenvalue weighted by atomic mass is 79.9. The van der Waals surface area contributed by atoms with E-state index in [1.165, 1.54) is 0 Å². The third-order valence-corrected chi connectivity index (χ3v) is 4.62. The Balaban J connectivity index is 1.66. The summed E-state index contributed by atoms with van der Waals surface area (Å²) in [5.74, 6) is 0.167. The first-order chi connectivity index (χ1) is 13.0. The highest BCUT2D eigenvalue weighted by molar-refractivity contribution is 9.10. The first kappa shape index (κ1) is 18.8. The second kappa shape index (κ2) is 8.18. The van der Waals surface area contributed by atoms with Gasteiger partial charge in [0.15, 0.2) is 0 Å². The van der Waals surface area contributed by atoms with Crippen LogP contribution in [0.4, 0.5) is 5.69 Å². The molecule has 6 nitrogen and oxygen atoms in total. The van der Waals surface area contributed by atoms with Crippen molar-refractivity contribution in [3.05, 3.63) is 76.2 Å². The SMILES string of the molecule is Cc1cc(C(=O)NCC(=O)Nc2ccc(Br)cc2)c(C)n1-c1ccccn1. The average molecular weight is 427 g/mol. The molecule has 0 unspecified atom stereocenters. The van der Waals surface area contributed by atoms with Crippen LogP contribution in [0.15, 0.2) is 59.2 Å². The minimum Gasteiger partial charge on any atom is -0.343 e. The summed E-state index contributed by atoms with van der Waals surface area (Å²) in [5, 5.41) is 5.41. The van der Waals surface area contributed by atoms with E-state index in [0.717, 1.165) is 21.7 Å². The number of nitrogens with zero attached hydrogens (tertiary/aromatic N) is 2. The second-order valence-corrected chi connectivity index (χ2v) is 6.96. The molecule has 0 spiro atoms. The lowest BCUT2D eigenvalue weighted by molar-refractivity contribution is -0.115. The largest absolute Gasteiger partial charge is 0.343 e. The van der Waals surface area contributed by atoms with Crippen LogP contribution >= 0.6 is 15.9 Å². The molecule has 0 aliphatic carbocycles. The number of carbonyl (C=O) groups is 2. The zero-order chi connectivity index (χ0) is 19.4. The Bertz CT molecular complexity index is 966. The minimum absolute atomic E-state index is 0.109.